The molecule has 0 aromatic heterocycles. The Morgan fingerprint density at radius 3 is 2.43 bits per heavy atom. The molecule has 0 aliphatic carbocycles. The van der Waals surface area contributed by atoms with Gasteiger partial charge >= 0.3 is 0 Å². The third-order valence-corrected chi connectivity index (χ3v) is 5.39. The van der Waals surface area contributed by atoms with Gasteiger partial charge in [0.05, 0.1) is 6.54 Å². The fraction of sp³-hybridized carbons (Fsp3) is 0.524. The molecule has 0 saturated carbocycles. The number of likely N-dealkylation sites (tertiary alicyclic amines) is 1. The van der Waals surface area contributed by atoms with Crippen LogP contribution < -0.4 is 11.1 Å². The first kappa shape index (κ1) is 23.7. The number of carbonyl (C=O) groups is 3. The summed E-state index contributed by atoms with van der Waals surface area (Å²) in [6.45, 7) is 3.47. The Kier molecular flexibility index (Phi) is 7.18. The summed E-state index contributed by atoms with van der Waals surface area (Å²) in [6, 6.07) is 7.10. The molecular weight excluding hydrogens is 396 g/mol. The van der Waals surface area contributed by atoms with Crippen LogP contribution in [0.2, 0.25) is 0 Å². The highest BCUT2D eigenvalue weighted by molar-refractivity contribution is 5.98. The first-order valence-corrected chi connectivity index (χ1v) is 9.73. The smallest absolute Gasteiger partial charge is 0.281 e. The normalized spacial score (nSPS) is 24.0. The number of amides is 3. The van der Waals surface area contributed by atoms with Gasteiger partial charge in [-0.2, -0.15) is 0 Å². The molecule has 1 saturated heterocycles. The molecular formula is C21H28F2N3O4. The molecule has 1 aliphatic heterocycles. The quantitative estimate of drug-likeness (QED) is 0.576. The zero-order valence-electron chi connectivity index (χ0n) is 17.3. The molecule has 1 radical (unpaired) electrons. The number of aliphatic hydroxyl groups is 1. The van der Waals surface area contributed by atoms with Gasteiger partial charge in [-0.25, -0.2) is 8.78 Å². The van der Waals surface area contributed by atoms with Gasteiger partial charge in [0.25, 0.3) is 11.8 Å². The van der Waals surface area contributed by atoms with E-state index in [4.69, 9.17) is 5.73 Å². The number of primary amides is 1. The molecule has 1 aliphatic rings. The Balaban J connectivity index is 2.26. The van der Waals surface area contributed by atoms with Gasteiger partial charge in [-0.3, -0.25) is 14.4 Å². The van der Waals surface area contributed by atoms with Crippen molar-refractivity contribution in [2.24, 2.45) is 17.1 Å². The average Bonchev–Trinajstić information content (AvgIpc) is 2.91. The van der Waals surface area contributed by atoms with Crippen LogP contribution in [0, 0.1) is 17.8 Å². The van der Waals surface area contributed by atoms with E-state index < -0.39 is 47.7 Å². The highest BCUT2D eigenvalue weighted by Gasteiger charge is 2.70. The number of nitrogens with one attached hydrogen (secondary N) is 1. The lowest BCUT2D eigenvalue weighted by Gasteiger charge is -2.33. The monoisotopic (exact) mass is 424 g/mol. The number of alkyl halides is 2. The average molecular weight is 424 g/mol. The molecule has 2 unspecified atom stereocenters. The minimum atomic E-state index is -3.74. The van der Waals surface area contributed by atoms with E-state index in [1.807, 2.05) is 19.9 Å². The number of nitrogens with zero attached hydrogens (tertiary/aromatic N) is 1. The van der Waals surface area contributed by atoms with Crippen LogP contribution in [0.4, 0.5) is 8.78 Å². The summed E-state index contributed by atoms with van der Waals surface area (Å²) in [5.41, 5.74) is 3.46. The lowest BCUT2D eigenvalue weighted by molar-refractivity contribution is -0.154. The zero-order chi connectivity index (χ0) is 22.7. The Morgan fingerprint density at radius 2 is 1.90 bits per heavy atom. The minimum Gasteiger partial charge on any atom is -0.383 e. The Bertz CT molecular complexity index is 788. The fourth-order valence-corrected chi connectivity index (χ4v) is 3.44. The maximum atomic E-state index is 14.8. The molecule has 4 N–H and O–H groups in total. The molecule has 1 heterocycles. The van der Waals surface area contributed by atoms with E-state index >= 15 is 0 Å². The number of hydrogen-bond donors (Lipinski definition) is 3. The second kappa shape index (κ2) is 9.07. The molecule has 1 fully saturated rings. The first-order valence-electron chi connectivity index (χ1n) is 9.73. The van der Waals surface area contributed by atoms with Gasteiger partial charge in [-0.1, -0.05) is 44.2 Å². The Labute approximate surface area is 174 Å². The van der Waals surface area contributed by atoms with E-state index in [-0.39, 0.29) is 18.9 Å². The van der Waals surface area contributed by atoms with Gasteiger partial charge in [0.2, 0.25) is 11.8 Å². The van der Waals surface area contributed by atoms with Crippen molar-refractivity contribution in [3.63, 3.8) is 0 Å². The third-order valence-electron chi connectivity index (χ3n) is 5.39. The lowest BCUT2D eigenvalue weighted by atomic mass is 9.78. The predicted octanol–water partition coefficient (Wildman–Crippen LogP) is 0.904. The van der Waals surface area contributed by atoms with Gasteiger partial charge in [0.1, 0.15) is 17.6 Å². The van der Waals surface area contributed by atoms with Crippen LogP contribution in [0.25, 0.3) is 0 Å². The summed E-state index contributed by atoms with van der Waals surface area (Å²) < 4.78 is 29.6. The van der Waals surface area contributed by atoms with Gasteiger partial charge < -0.3 is 21.1 Å². The lowest BCUT2D eigenvalue weighted by Crippen LogP contribution is -2.59. The molecule has 7 nitrogen and oxygen atoms in total. The van der Waals surface area contributed by atoms with Crippen molar-refractivity contribution in [3.8, 4) is 0 Å². The molecule has 3 atom stereocenters. The summed E-state index contributed by atoms with van der Waals surface area (Å²) >= 11 is 0. The number of hydrogen-bond acceptors (Lipinski definition) is 4. The van der Waals surface area contributed by atoms with E-state index in [9.17, 15) is 28.3 Å². The van der Waals surface area contributed by atoms with Crippen LogP contribution in [0.3, 0.4) is 0 Å². The highest BCUT2D eigenvalue weighted by Crippen LogP contribution is 2.48. The molecule has 3 amide bonds. The first-order chi connectivity index (χ1) is 13.9. The van der Waals surface area contributed by atoms with Crippen LogP contribution in [-0.2, 0) is 20.8 Å². The number of aliphatic hydroxyl groups excluding tert-OH is 1. The maximum Gasteiger partial charge on any atom is 0.281 e. The summed E-state index contributed by atoms with van der Waals surface area (Å²) in [4.78, 5) is 38.1. The van der Waals surface area contributed by atoms with Crippen LogP contribution in [0.5, 0.6) is 0 Å². The van der Waals surface area contributed by atoms with E-state index in [2.05, 4.69) is 5.32 Å². The second-order valence-corrected chi connectivity index (χ2v) is 8.15. The zero-order valence-corrected chi connectivity index (χ0v) is 17.3. The van der Waals surface area contributed by atoms with E-state index in [1.165, 1.54) is 6.42 Å². The number of benzene rings is 1. The second-order valence-electron chi connectivity index (χ2n) is 8.15. The van der Waals surface area contributed by atoms with Crippen molar-refractivity contribution in [1.29, 1.82) is 0 Å². The summed E-state index contributed by atoms with van der Waals surface area (Å²) in [5, 5.41) is 12.8. The standard InChI is InChI=1S/C21H28F2N3O4/c1-13(2)11-25-17(28)16-20(3,19(24)30)21(22,23)12-26(16)18(29)15(27)10-9-14-7-5-4-6-8-14/h4-8,10,13,15-16,27H,9,11-12H2,1-3H3,(H2,24,30)(H,25,28)/t15-,16?,20?/m0/s1. The summed E-state index contributed by atoms with van der Waals surface area (Å²) in [6.07, 6.45) is -0.245. The maximum absolute atomic E-state index is 14.8. The SMILES string of the molecule is CC(C)CNC(=O)C1N(C(=O)[C@@H](O)[CH]Cc2ccccc2)CC(F)(F)C1(C)C(N)=O. The Hall–Kier alpha value is -2.55. The summed E-state index contributed by atoms with van der Waals surface area (Å²) in [5.74, 6) is -7.11. The van der Waals surface area contributed by atoms with Gasteiger partial charge in [0.15, 0.2) is 0 Å². The van der Waals surface area contributed by atoms with Crippen LogP contribution in [-0.4, -0.2) is 58.9 Å². The summed E-state index contributed by atoms with van der Waals surface area (Å²) in [7, 11) is 0. The topological polar surface area (TPSA) is 113 Å². The van der Waals surface area contributed by atoms with Crippen LogP contribution >= 0.6 is 0 Å². The molecule has 2 rings (SSSR count). The molecule has 1 aromatic rings. The van der Waals surface area contributed by atoms with Crippen molar-refractivity contribution in [2.45, 2.75) is 45.3 Å². The van der Waals surface area contributed by atoms with Crippen molar-refractivity contribution in [3.05, 3.63) is 42.3 Å². The Morgan fingerprint density at radius 1 is 1.30 bits per heavy atom. The van der Waals surface area contributed by atoms with Crippen molar-refractivity contribution in [1.82, 2.24) is 10.2 Å². The van der Waals surface area contributed by atoms with Gasteiger partial charge in [-0.05, 0) is 24.8 Å². The van der Waals surface area contributed by atoms with E-state index in [0.29, 0.717) is 4.90 Å². The molecule has 1 aromatic carbocycles. The number of carbonyl (C=O) groups excluding carboxylic acids is 3. The number of halogens is 2. The van der Waals surface area contributed by atoms with Crippen LogP contribution in [0.15, 0.2) is 30.3 Å². The van der Waals surface area contributed by atoms with Crippen molar-refractivity contribution >= 4 is 17.7 Å². The van der Waals surface area contributed by atoms with Crippen LogP contribution in [0.1, 0.15) is 26.3 Å². The van der Waals surface area contributed by atoms with Crippen molar-refractivity contribution in [2.75, 3.05) is 13.1 Å². The van der Waals surface area contributed by atoms with E-state index in [0.717, 1.165) is 12.5 Å². The van der Waals surface area contributed by atoms with Gasteiger partial charge in [0, 0.05) is 13.0 Å². The molecule has 165 valence electrons. The minimum absolute atomic E-state index is 0.0182. The molecule has 0 bridgehead atoms. The predicted molar refractivity (Wildman–Crippen MR) is 106 cm³/mol. The molecule has 0 spiro atoms. The number of nitrogens with two attached hydrogens (primary N) is 1. The fourth-order valence-electron chi connectivity index (χ4n) is 3.44. The molecule has 30 heavy (non-hydrogen) atoms. The number of rotatable bonds is 8. The largest absolute Gasteiger partial charge is 0.383 e. The van der Waals surface area contributed by atoms with E-state index in [1.54, 1.807) is 24.3 Å². The third kappa shape index (κ3) is 4.61. The van der Waals surface area contributed by atoms with Crippen molar-refractivity contribution < 1.29 is 28.3 Å². The molecule has 9 heteroatoms. The highest BCUT2D eigenvalue weighted by atomic mass is 19.3. The van der Waals surface area contributed by atoms with Gasteiger partial charge in [-0.15, -0.1) is 0 Å².